The topological polar surface area (TPSA) is 58.6 Å². The first-order valence-corrected chi connectivity index (χ1v) is 7.61. The van der Waals surface area contributed by atoms with Crippen LogP contribution in [0.4, 0.5) is 18.0 Å². The quantitative estimate of drug-likeness (QED) is 0.917. The second-order valence-electron chi connectivity index (χ2n) is 5.56. The third kappa shape index (κ3) is 4.39. The number of alkyl carbamates (subject to hydrolysis) is 1. The zero-order valence-electron chi connectivity index (χ0n) is 13.2. The Labute approximate surface area is 137 Å². The molecule has 1 saturated heterocycles. The molecule has 132 valence electrons. The summed E-state index contributed by atoms with van der Waals surface area (Å²) in [4.78, 5) is 25.0. The first-order valence-electron chi connectivity index (χ1n) is 7.61. The Bertz CT molecular complexity index is 587. The number of halogens is 3. The molecule has 0 bridgehead atoms. The number of nitrogens with one attached hydrogen (secondary N) is 1. The molecule has 1 atom stereocenters. The molecular formula is C16H19F3N2O3. The third-order valence-corrected chi connectivity index (χ3v) is 4.02. The molecule has 1 aromatic rings. The van der Waals surface area contributed by atoms with Crippen molar-refractivity contribution in [3.8, 4) is 0 Å². The van der Waals surface area contributed by atoms with Crippen molar-refractivity contribution in [3.63, 3.8) is 0 Å². The van der Waals surface area contributed by atoms with Gasteiger partial charge in [0.1, 0.15) is 6.54 Å². The van der Waals surface area contributed by atoms with E-state index >= 15 is 0 Å². The number of alkyl halides is 3. The number of nitrogens with zero attached hydrogens (tertiary/aromatic N) is 1. The van der Waals surface area contributed by atoms with Gasteiger partial charge >= 0.3 is 12.3 Å². The molecule has 24 heavy (non-hydrogen) atoms. The van der Waals surface area contributed by atoms with Gasteiger partial charge in [-0.3, -0.25) is 4.79 Å². The molecule has 2 amide bonds. The normalized spacial score (nSPS) is 18.2. The number of amides is 2. The number of piperidine rings is 1. The fourth-order valence-electron chi connectivity index (χ4n) is 2.79. The molecule has 0 spiro atoms. The first kappa shape index (κ1) is 18.1. The van der Waals surface area contributed by atoms with Crippen LogP contribution in [0.3, 0.4) is 0 Å². The van der Waals surface area contributed by atoms with Crippen LogP contribution < -0.4 is 5.32 Å². The summed E-state index contributed by atoms with van der Waals surface area (Å²) in [5, 5.41) is 2.33. The van der Waals surface area contributed by atoms with E-state index in [0.29, 0.717) is 18.5 Å². The van der Waals surface area contributed by atoms with E-state index in [1.54, 1.807) is 4.90 Å². The van der Waals surface area contributed by atoms with E-state index in [2.05, 4.69) is 10.1 Å². The second-order valence-corrected chi connectivity index (χ2v) is 5.56. The highest BCUT2D eigenvalue weighted by molar-refractivity contribution is 5.82. The van der Waals surface area contributed by atoms with Crippen molar-refractivity contribution in [3.05, 3.63) is 35.4 Å². The van der Waals surface area contributed by atoms with Crippen molar-refractivity contribution >= 4 is 12.0 Å². The molecule has 0 aromatic heterocycles. The van der Waals surface area contributed by atoms with Crippen LogP contribution in [0.15, 0.2) is 24.3 Å². The molecule has 8 heteroatoms. The molecule has 1 aliphatic heterocycles. The summed E-state index contributed by atoms with van der Waals surface area (Å²) in [7, 11) is 1.20. The number of benzene rings is 1. The molecule has 1 N–H and O–H groups in total. The van der Waals surface area contributed by atoms with Crippen LogP contribution in [-0.4, -0.2) is 37.1 Å². The molecule has 5 nitrogen and oxygen atoms in total. The minimum atomic E-state index is -4.38. The molecule has 2 rings (SSSR count). The Morgan fingerprint density at radius 2 is 1.92 bits per heavy atom. The van der Waals surface area contributed by atoms with Gasteiger partial charge in [0, 0.05) is 6.54 Å². The maximum absolute atomic E-state index is 12.7. The third-order valence-electron chi connectivity index (χ3n) is 4.02. The smallest absolute Gasteiger partial charge is 0.416 e. The van der Waals surface area contributed by atoms with Gasteiger partial charge in [-0.1, -0.05) is 12.1 Å². The van der Waals surface area contributed by atoms with Gasteiger partial charge in [-0.15, -0.1) is 0 Å². The van der Waals surface area contributed by atoms with E-state index in [9.17, 15) is 22.8 Å². The van der Waals surface area contributed by atoms with Gasteiger partial charge < -0.3 is 15.0 Å². The van der Waals surface area contributed by atoms with E-state index in [1.165, 1.54) is 19.2 Å². The summed E-state index contributed by atoms with van der Waals surface area (Å²) in [5.41, 5.74) is -0.0542. The number of hydrogen-bond acceptors (Lipinski definition) is 3. The van der Waals surface area contributed by atoms with Crippen molar-refractivity contribution in [2.45, 2.75) is 31.5 Å². The van der Waals surface area contributed by atoms with Crippen LogP contribution in [0.2, 0.25) is 0 Å². The van der Waals surface area contributed by atoms with Gasteiger partial charge in [0.25, 0.3) is 0 Å². The Hall–Kier alpha value is -2.25. The minimum Gasteiger partial charge on any atom is -0.453 e. The van der Waals surface area contributed by atoms with Crippen LogP contribution >= 0.6 is 0 Å². The molecule has 1 aliphatic rings. The Morgan fingerprint density at radius 1 is 1.25 bits per heavy atom. The van der Waals surface area contributed by atoms with Gasteiger partial charge in [-0.05, 0) is 37.0 Å². The average molecular weight is 344 g/mol. The number of methoxy groups -OCH3 is 1. The van der Waals surface area contributed by atoms with Crippen molar-refractivity contribution in [1.82, 2.24) is 10.2 Å². The number of rotatable bonds is 3. The van der Waals surface area contributed by atoms with E-state index in [4.69, 9.17) is 0 Å². The first-order chi connectivity index (χ1) is 11.3. The lowest BCUT2D eigenvalue weighted by molar-refractivity contribution is -0.138. The highest BCUT2D eigenvalue weighted by atomic mass is 19.4. The highest BCUT2D eigenvalue weighted by Crippen LogP contribution is 2.34. The van der Waals surface area contributed by atoms with Crippen molar-refractivity contribution in [1.29, 1.82) is 0 Å². The standard InChI is InChI=1S/C16H19F3N2O3/c1-24-15(23)20-10-14(22)21-9-3-2-4-13(21)11-5-7-12(8-6-11)16(17,18)19/h5-8,13H,2-4,9-10H2,1H3,(H,20,23)/t13-/m0/s1. The van der Waals surface area contributed by atoms with Crippen LogP contribution in [0.25, 0.3) is 0 Å². The van der Waals surface area contributed by atoms with E-state index in [0.717, 1.165) is 25.0 Å². The van der Waals surface area contributed by atoms with Crippen LogP contribution in [0.5, 0.6) is 0 Å². The van der Waals surface area contributed by atoms with Gasteiger partial charge in [-0.25, -0.2) is 4.79 Å². The lowest BCUT2D eigenvalue weighted by Crippen LogP contribution is -2.44. The van der Waals surface area contributed by atoms with Gasteiger partial charge in [0.05, 0.1) is 18.7 Å². The van der Waals surface area contributed by atoms with Crippen molar-refractivity contribution < 1.29 is 27.5 Å². The number of ether oxygens (including phenoxy) is 1. The van der Waals surface area contributed by atoms with E-state index < -0.39 is 17.8 Å². The molecular weight excluding hydrogens is 325 g/mol. The predicted octanol–water partition coefficient (Wildman–Crippen LogP) is 3.12. The molecule has 1 heterocycles. The number of carbonyl (C=O) groups excluding carboxylic acids is 2. The Balaban J connectivity index is 2.11. The lowest BCUT2D eigenvalue weighted by Gasteiger charge is -2.36. The molecule has 0 radical (unpaired) electrons. The summed E-state index contributed by atoms with van der Waals surface area (Å²) in [6.45, 7) is 0.303. The molecule has 0 unspecified atom stereocenters. The van der Waals surface area contributed by atoms with E-state index in [1.807, 2.05) is 0 Å². The number of likely N-dealkylation sites (tertiary alicyclic amines) is 1. The maximum atomic E-state index is 12.7. The average Bonchev–Trinajstić information content (AvgIpc) is 2.58. The summed E-state index contributed by atoms with van der Waals surface area (Å²) in [6, 6.07) is 4.59. The highest BCUT2D eigenvalue weighted by Gasteiger charge is 2.32. The Morgan fingerprint density at radius 3 is 2.50 bits per heavy atom. The van der Waals surface area contributed by atoms with Crippen LogP contribution in [0, 0.1) is 0 Å². The molecule has 1 aromatic carbocycles. The molecule has 0 saturated carbocycles. The minimum absolute atomic E-state index is 0.205. The predicted molar refractivity (Wildman–Crippen MR) is 80.2 cm³/mol. The SMILES string of the molecule is COC(=O)NCC(=O)N1CCCC[C@H]1c1ccc(C(F)(F)F)cc1. The van der Waals surface area contributed by atoms with E-state index in [-0.39, 0.29) is 18.5 Å². The molecule has 1 fully saturated rings. The summed E-state index contributed by atoms with van der Waals surface area (Å²) in [6.07, 6.45) is -2.70. The number of carbonyl (C=O) groups is 2. The monoisotopic (exact) mass is 344 g/mol. The fraction of sp³-hybridized carbons (Fsp3) is 0.500. The zero-order valence-corrected chi connectivity index (χ0v) is 13.2. The van der Waals surface area contributed by atoms with Crippen molar-refractivity contribution in [2.24, 2.45) is 0 Å². The largest absolute Gasteiger partial charge is 0.453 e. The van der Waals surface area contributed by atoms with Crippen LogP contribution in [0.1, 0.15) is 36.4 Å². The second kappa shape index (κ2) is 7.55. The van der Waals surface area contributed by atoms with Crippen molar-refractivity contribution in [2.75, 3.05) is 20.2 Å². The summed E-state index contributed by atoms with van der Waals surface area (Å²) >= 11 is 0. The Kier molecular flexibility index (Phi) is 5.69. The fourth-order valence-corrected chi connectivity index (χ4v) is 2.79. The summed E-state index contributed by atoms with van der Waals surface area (Å²) in [5.74, 6) is -0.287. The van der Waals surface area contributed by atoms with Gasteiger partial charge in [-0.2, -0.15) is 13.2 Å². The van der Waals surface area contributed by atoms with Gasteiger partial charge in [0.2, 0.25) is 5.91 Å². The zero-order chi connectivity index (χ0) is 17.7. The number of hydrogen-bond donors (Lipinski definition) is 1. The maximum Gasteiger partial charge on any atom is 0.416 e. The lowest BCUT2D eigenvalue weighted by atomic mass is 9.94. The van der Waals surface area contributed by atoms with Crippen LogP contribution in [-0.2, 0) is 15.7 Å². The summed E-state index contributed by atoms with van der Waals surface area (Å²) < 4.78 is 42.4. The van der Waals surface area contributed by atoms with Gasteiger partial charge in [0.15, 0.2) is 0 Å². The molecule has 0 aliphatic carbocycles.